The molecule has 0 aliphatic heterocycles. The third kappa shape index (κ3) is 41.0. The highest BCUT2D eigenvalue weighted by Gasteiger charge is 2.27. The first kappa shape index (κ1) is 66.6. The van der Waals surface area contributed by atoms with Crippen molar-refractivity contribution < 1.29 is 28.7 Å². The molecular weight excluding hydrogens is 897 g/mol. The molecule has 0 saturated heterocycles. The van der Waals surface area contributed by atoms with Crippen molar-refractivity contribution in [3.63, 3.8) is 0 Å². The van der Waals surface area contributed by atoms with Crippen LogP contribution in [-0.4, -0.2) is 51.6 Å². The lowest BCUT2D eigenvalue weighted by Crippen LogP contribution is -2.43. The second-order valence-corrected chi connectivity index (χ2v) is 21.0. The number of hydrogen-bond acceptors (Lipinski definition) is 7. The first-order chi connectivity index (χ1) is 35.2. The Labute approximate surface area is 442 Å². The topological polar surface area (TPSA) is 129 Å². The van der Waals surface area contributed by atoms with Gasteiger partial charge in [-0.2, -0.15) is 0 Å². The summed E-state index contributed by atoms with van der Waals surface area (Å²) in [4.78, 5) is 58.3. The van der Waals surface area contributed by atoms with Crippen LogP contribution in [0.15, 0.2) is 36.7 Å². The van der Waals surface area contributed by atoms with Crippen molar-refractivity contribution in [3.05, 3.63) is 42.5 Å². The van der Waals surface area contributed by atoms with E-state index in [4.69, 9.17) is 9.47 Å². The molecule has 1 aromatic heterocycles. The average Bonchev–Trinajstić information content (AvgIpc) is 3.79. The van der Waals surface area contributed by atoms with Crippen molar-refractivity contribution in [1.29, 1.82) is 0 Å². The number of unbranched alkanes of at least 4 members (excludes halogenated alkanes) is 28. The van der Waals surface area contributed by atoms with Crippen LogP contribution in [0.25, 0.3) is 0 Å². The van der Waals surface area contributed by atoms with Gasteiger partial charge in [-0.3, -0.25) is 14.4 Å². The van der Waals surface area contributed by atoms with Crippen LogP contribution in [0.3, 0.4) is 0 Å². The minimum Gasteiger partial charge on any atom is -0.462 e. The Bertz CT molecular complexity index is 1490. The maximum absolute atomic E-state index is 14.2. The maximum Gasteiger partial charge on any atom is 0.328 e. The van der Waals surface area contributed by atoms with Crippen molar-refractivity contribution in [2.45, 2.75) is 322 Å². The molecule has 0 spiro atoms. The standard InChI is InChI=1S/C62H112N4O6/c1-6-10-14-18-22-24-26-28-30-34-38-41-45-55(44-40-36-32-20-16-12-8-3)71-61(69)51-48-57(65-60(68)50-49-59(67)64-54-58-63-52-53-66(58)5)62(70)72-56(46-42-37-33-21-17-13-9-4)47-43-39-35-31-29-27-25-23-19-15-11-7-2/h32-33,36-37,52-53,55-57H,6-31,34-35,38-51,54H2,1-5H3,(H,64,67)(H,65,68)/b36-32-,37-33-/t55?,56?,57-/m0/s1. The Morgan fingerprint density at radius 3 is 1.33 bits per heavy atom. The summed E-state index contributed by atoms with van der Waals surface area (Å²) in [5.74, 6) is -0.875. The zero-order valence-corrected chi connectivity index (χ0v) is 47.4. The van der Waals surface area contributed by atoms with Gasteiger partial charge in [-0.25, -0.2) is 9.78 Å². The Balaban J connectivity index is 2.99. The number of allylic oxidation sites excluding steroid dienone is 4. The molecule has 10 nitrogen and oxygen atoms in total. The van der Waals surface area contributed by atoms with Crippen molar-refractivity contribution in [2.75, 3.05) is 0 Å². The highest BCUT2D eigenvalue weighted by molar-refractivity contribution is 5.87. The number of ether oxygens (including phenoxy) is 2. The van der Waals surface area contributed by atoms with E-state index in [1.165, 1.54) is 167 Å². The average molecular weight is 1010 g/mol. The van der Waals surface area contributed by atoms with Crippen LogP contribution in [0.2, 0.25) is 0 Å². The zero-order chi connectivity index (χ0) is 52.4. The number of hydrogen-bond donors (Lipinski definition) is 2. The Kier molecular flexibility index (Phi) is 46.0. The van der Waals surface area contributed by atoms with E-state index in [9.17, 15) is 19.2 Å². The predicted octanol–water partition coefficient (Wildman–Crippen LogP) is 16.9. The van der Waals surface area contributed by atoms with Crippen molar-refractivity contribution in [1.82, 2.24) is 20.2 Å². The molecule has 2 N–H and O–H groups in total. The van der Waals surface area contributed by atoms with Gasteiger partial charge in [0.25, 0.3) is 0 Å². The lowest BCUT2D eigenvalue weighted by Gasteiger charge is -2.23. The van der Waals surface area contributed by atoms with Gasteiger partial charge in [0.15, 0.2) is 0 Å². The molecule has 10 heteroatoms. The molecule has 0 fully saturated rings. The number of esters is 2. The lowest BCUT2D eigenvalue weighted by molar-refractivity contribution is -0.155. The molecule has 0 aliphatic carbocycles. The molecule has 1 heterocycles. The van der Waals surface area contributed by atoms with Crippen molar-refractivity contribution >= 4 is 23.8 Å². The smallest absolute Gasteiger partial charge is 0.328 e. The van der Waals surface area contributed by atoms with E-state index in [0.717, 1.165) is 70.6 Å². The molecule has 1 aromatic rings. The number of carbonyl (C=O) groups is 4. The summed E-state index contributed by atoms with van der Waals surface area (Å²) in [7, 11) is 1.86. The summed E-state index contributed by atoms with van der Waals surface area (Å²) < 4.78 is 14.3. The number of amides is 2. The van der Waals surface area contributed by atoms with E-state index in [1.54, 1.807) is 6.20 Å². The highest BCUT2D eigenvalue weighted by atomic mass is 16.5. The van der Waals surface area contributed by atoms with Gasteiger partial charge in [0, 0.05) is 38.7 Å². The number of aromatic nitrogens is 2. The normalized spacial score (nSPS) is 12.9. The highest BCUT2D eigenvalue weighted by Crippen LogP contribution is 2.20. The number of nitrogens with one attached hydrogen (secondary N) is 2. The zero-order valence-electron chi connectivity index (χ0n) is 47.4. The summed E-state index contributed by atoms with van der Waals surface area (Å²) in [6.07, 6.45) is 56.4. The number of aryl methyl sites for hydroxylation is 1. The molecule has 72 heavy (non-hydrogen) atoms. The van der Waals surface area contributed by atoms with Gasteiger partial charge in [0.1, 0.15) is 24.1 Å². The monoisotopic (exact) mass is 1010 g/mol. The van der Waals surface area contributed by atoms with Crippen molar-refractivity contribution in [2.24, 2.45) is 7.05 Å². The van der Waals surface area contributed by atoms with Crippen molar-refractivity contribution in [3.8, 4) is 0 Å². The van der Waals surface area contributed by atoms with Gasteiger partial charge in [0.2, 0.25) is 11.8 Å². The second-order valence-electron chi connectivity index (χ2n) is 21.0. The van der Waals surface area contributed by atoms with Gasteiger partial charge in [-0.1, -0.05) is 219 Å². The summed E-state index contributed by atoms with van der Waals surface area (Å²) in [5.41, 5.74) is 0. The van der Waals surface area contributed by atoms with Gasteiger partial charge < -0.3 is 24.7 Å². The first-order valence-electron chi connectivity index (χ1n) is 30.5. The number of imidazole rings is 1. The van der Waals surface area contributed by atoms with Gasteiger partial charge >= 0.3 is 11.9 Å². The van der Waals surface area contributed by atoms with Crippen LogP contribution in [-0.2, 0) is 42.2 Å². The first-order valence-corrected chi connectivity index (χ1v) is 30.5. The van der Waals surface area contributed by atoms with E-state index in [-0.39, 0.29) is 56.3 Å². The van der Waals surface area contributed by atoms with E-state index >= 15 is 0 Å². The lowest BCUT2D eigenvalue weighted by atomic mass is 10.0. The molecule has 1 rings (SSSR count). The largest absolute Gasteiger partial charge is 0.462 e. The summed E-state index contributed by atoms with van der Waals surface area (Å²) in [5, 5.41) is 5.71. The summed E-state index contributed by atoms with van der Waals surface area (Å²) in [6, 6.07) is -1.03. The molecule has 0 bridgehead atoms. The van der Waals surface area contributed by atoms with Crippen LogP contribution in [0, 0.1) is 0 Å². The SMILES string of the molecule is CCCCC/C=C\CCC(CCCCCCCCCCCCCC)OC(=O)CC[C@H](NC(=O)CCC(=O)NCc1nccn1C)C(=O)OC(CC/C=C\CCCCC)CCCCCCCCCCCCCC. The van der Waals surface area contributed by atoms with E-state index < -0.39 is 17.9 Å². The van der Waals surface area contributed by atoms with Crippen LogP contribution in [0.5, 0.6) is 0 Å². The molecular formula is C62H112N4O6. The fourth-order valence-electron chi connectivity index (χ4n) is 9.34. The Hall–Kier alpha value is -3.43. The van der Waals surface area contributed by atoms with Crippen LogP contribution in [0.4, 0.5) is 0 Å². The number of rotatable bonds is 52. The van der Waals surface area contributed by atoms with Gasteiger partial charge in [-0.05, 0) is 83.5 Å². The molecule has 416 valence electrons. The van der Waals surface area contributed by atoms with Gasteiger partial charge in [0.05, 0.1) is 6.54 Å². The molecule has 0 aliphatic rings. The fraction of sp³-hybridized carbons (Fsp3) is 0.823. The molecule has 0 aromatic carbocycles. The summed E-state index contributed by atoms with van der Waals surface area (Å²) in [6.45, 7) is 9.22. The Morgan fingerprint density at radius 2 is 0.889 bits per heavy atom. The number of nitrogens with zero attached hydrogens (tertiary/aromatic N) is 2. The summed E-state index contributed by atoms with van der Waals surface area (Å²) >= 11 is 0. The predicted molar refractivity (Wildman–Crippen MR) is 302 cm³/mol. The number of carbonyl (C=O) groups excluding carboxylic acids is 4. The third-order valence-corrected chi connectivity index (χ3v) is 14.1. The van der Waals surface area contributed by atoms with Crippen LogP contribution >= 0.6 is 0 Å². The van der Waals surface area contributed by atoms with Crippen LogP contribution < -0.4 is 10.6 Å². The third-order valence-electron chi connectivity index (χ3n) is 14.1. The molecule has 3 atom stereocenters. The Morgan fingerprint density at radius 1 is 0.486 bits per heavy atom. The van der Waals surface area contributed by atoms with E-state index in [2.05, 4.69) is 67.6 Å². The van der Waals surface area contributed by atoms with E-state index in [1.807, 2.05) is 17.8 Å². The quantitative estimate of drug-likeness (QED) is 0.0378. The minimum absolute atomic E-state index is 0.0180. The minimum atomic E-state index is -1.03. The molecule has 2 unspecified atom stereocenters. The van der Waals surface area contributed by atoms with Gasteiger partial charge in [-0.15, -0.1) is 0 Å². The molecule has 0 radical (unpaired) electrons. The fourth-order valence-corrected chi connectivity index (χ4v) is 9.34. The molecule has 2 amide bonds. The maximum atomic E-state index is 14.2. The van der Waals surface area contributed by atoms with Crippen LogP contribution in [0.1, 0.15) is 303 Å². The van der Waals surface area contributed by atoms with E-state index in [0.29, 0.717) is 12.2 Å². The second kappa shape index (κ2) is 49.8. The molecule has 0 saturated carbocycles.